The smallest absolute Gasteiger partial charge is 0.330 e. The summed E-state index contributed by atoms with van der Waals surface area (Å²) < 4.78 is 5.15. The van der Waals surface area contributed by atoms with Gasteiger partial charge in [0.05, 0.1) is 7.11 Å². The second kappa shape index (κ2) is 6.49. The van der Waals surface area contributed by atoms with Crippen LogP contribution in [0, 0.1) is 0 Å². The Morgan fingerprint density at radius 1 is 1.04 bits per heavy atom. The summed E-state index contributed by atoms with van der Waals surface area (Å²) in [6, 6.07) is 14.6. The number of ether oxygens (including phenoxy) is 1. The number of nitrogens with zero attached hydrogens (tertiary/aromatic N) is 4. The van der Waals surface area contributed by atoms with Crippen LogP contribution in [0.4, 0.5) is 0 Å². The van der Waals surface area contributed by atoms with Gasteiger partial charge in [0, 0.05) is 5.56 Å². The Morgan fingerprint density at radius 2 is 1.58 bits per heavy atom. The molecule has 122 valence electrons. The lowest BCUT2D eigenvalue weighted by atomic mass is 10.0. The van der Waals surface area contributed by atoms with E-state index in [-0.39, 0.29) is 0 Å². The monoisotopic (exact) mass is 324 g/mol. The first kappa shape index (κ1) is 15.7. The van der Waals surface area contributed by atoms with Crippen molar-refractivity contribution in [3.05, 3.63) is 48.5 Å². The van der Waals surface area contributed by atoms with Gasteiger partial charge >= 0.3 is 5.97 Å². The Labute approximate surface area is 138 Å². The molecule has 0 unspecified atom stereocenters. The third-order valence-electron chi connectivity index (χ3n) is 3.70. The Hall–Kier alpha value is -3.22. The van der Waals surface area contributed by atoms with Crippen molar-refractivity contribution in [1.82, 2.24) is 20.2 Å². The molecule has 0 amide bonds. The van der Waals surface area contributed by atoms with E-state index in [9.17, 15) is 4.79 Å². The number of aromatic nitrogens is 4. The molecule has 1 atom stereocenters. The van der Waals surface area contributed by atoms with Crippen LogP contribution in [0.2, 0.25) is 0 Å². The van der Waals surface area contributed by atoms with Crippen molar-refractivity contribution in [3.63, 3.8) is 0 Å². The minimum absolute atomic E-state index is 0.393. The van der Waals surface area contributed by atoms with Crippen molar-refractivity contribution in [1.29, 1.82) is 0 Å². The summed E-state index contributed by atoms with van der Waals surface area (Å²) in [7, 11) is 1.63. The molecule has 0 bridgehead atoms. The topological polar surface area (TPSA) is 90.1 Å². The van der Waals surface area contributed by atoms with Crippen LogP contribution >= 0.6 is 0 Å². The fourth-order valence-electron chi connectivity index (χ4n) is 2.20. The molecule has 3 rings (SSSR count). The summed E-state index contributed by atoms with van der Waals surface area (Å²) in [5.41, 5.74) is 2.89. The van der Waals surface area contributed by atoms with Gasteiger partial charge in [-0.15, -0.1) is 15.0 Å². The van der Waals surface area contributed by atoms with Crippen LogP contribution in [0.25, 0.3) is 22.5 Å². The first-order valence-electron chi connectivity index (χ1n) is 7.35. The van der Waals surface area contributed by atoms with Crippen molar-refractivity contribution in [2.75, 3.05) is 7.11 Å². The highest BCUT2D eigenvalue weighted by molar-refractivity contribution is 5.71. The molecule has 0 saturated heterocycles. The maximum atomic E-state index is 11.0. The van der Waals surface area contributed by atoms with E-state index in [0.717, 1.165) is 27.2 Å². The molecular weight excluding hydrogens is 308 g/mol. The van der Waals surface area contributed by atoms with Crippen LogP contribution < -0.4 is 4.74 Å². The maximum absolute atomic E-state index is 11.0. The van der Waals surface area contributed by atoms with E-state index < -0.39 is 12.0 Å². The number of benzene rings is 2. The molecule has 0 aliphatic rings. The van der Waals surface area contributed by atoms with Crippen molar-refractivity contribution in [2.45, 2.75) is 13.0 Å². The van der Waals surface area contributed by atoms with Crippen molar-refractivity contribution >= 4 is 5.97 Å². The Balaban J connectivity index is 1.82. The van der Waals surface area contributed by atoms with Gasteiger partial charge in [-0.25, -0.2) is 4.79 Å². The van der Waals surface area contributed by atoms with Crippen molar-refractivity contribution in [3.8, 4) is 28.3 Å². The van der Waals surface area contributed by atoms with Gasteiger partial charge in [-0.1, -0.05) is 36.4 Å². The molecule has 1 aromatic heterocycles. The molecule has 24 heavy (non-hydrogen) atoms. The number of carbonyl (C=O) groups is 1. The molecule has 7 heteroatoms. The summed E-state index contributed by atoms with van der Waals surface area (Å²) in [6.07, 6.45) is 0. The lowest BCUT2D eigenvalue weighted by molar-refractivity contribution is -0.141. The van der Waals surface area contributed by atoms with Gasteiger partial charge in [0.15, 0.2) is 6.04 Å². The van der Waals surface area contributed by atoms with E-state index >= 15 is 0 Å². The minimum atomic E-state index is -1.01. The van der Waals surface area contributed by atoms with Gasteiger partial charge in [-0.3, -0.25) is 0 Å². The molecule has 1 N–H and O–H groups in total. The number of hydrogen-bond acceptors (Lipinski definition) is 5. The van der Waals surface area contributed by atoms with Gasteiger partial charge < -0.3 is 9.84 Å². The zero-order valence-corrected chi connectivity index (χ0v) is 13.2. The van der Waals surface area contributed by atoms with Crippen molar-refractivity contribution < 1.29 is 14.6 Å². The van der Waals surface area contributed by atoms with Gasteiger partial charge in [0.2, 0.25) is 5.82 Å². The molecule has 3 aromatic rings. The average molecular weight is 324 g/mol. The van der Waals surface area contributed by atoms with Gasteiger partial charge in [0.25, 0.3) is 0 Å². The largest absolute Gasteiger partial charge is 0.497 e. The van der Waals surface area contributed by atoms with E-state index in [4.69, 9.17) is 9.84 Å². The fraction of sp³-hybridized carbons (Fsp3) is 0.176. The number of methoxy groups -OCH3 is 1. The summed E-state index contributed by atoms with van der Waals surface area (Å²) in [4.78, 5) is 12.0. The van der Waals surface area contributed by atoms with Crippen molar-refractivity contribution in [2.24, 2.45) is 0 Å². The average Bonchev–Trinajstić information content (AvgIpc) is 3.11. The first-order chi connectivity index (χ1) is 11.6. The number of carboxylic acids is 1. The Kier molecular flexibility index (Phi) is 4.24. The molecule has 0 saturated carbocycles. The minimum Gasteiger partial charge on any atom is -0.497 e. The lowest BCUT2D eigenvalue weighted by Gasteiger charge is -2.04. The summed E-state index contributed by atoms with van der Waals surface area (Å²) in [6.45, 7) is 1.50. The molecule has 2 aromatic carbocycles. The van der Waals surface area contributed by atoms with Crippen LogP contribution in [-0.2, 0) is 4.79 Å². The van der Waals surface area contributed by atoms with Crippen LogP contribution in [0.1, 0.15) is 13.0 Å². The summed E-state index contributed by atoms with van der Waals surface area (Å²) in [5, 5.41) is 20.8. The number of hydrogen-bond donors (Lipinski definition) is 1. The van der Waals surface area contributed by atoms with Crippen LogP contribution in [-0.4, -0.2) is 38.4 Å². The van der Waals surface area contributed by atoms with Gasteiger partial charge in [-0.2, -0.15) is 0 Å². The summed E-state index contributed by atoms with van der Waals surface area (Å²) >= 11 is 0. The highest BCUT2D eigenvalue weighted by Gasteiger charge is 2.17. The molecule has 0 fully saturated rings. The van der Waals surface area contributed by atoms with Crippen LogP contribution in [0.3, 0.4) is 0 Å². The predicted molar refractivity (Wildman–Crippen MR) is 87.6 cm³/mol. The third kappa shape index (κ3) is 3.10. The molecule has 1 heterocycles. The number of tetrazole rings is 1. The lowest BCUT2D eigenvalue weighted by Crippen LogP contribution is -2.18. The molecule has 0 aliphatic carbocycles. The molecule has 0 radical (unpaired) electrons. The van der Waals surface area contributed by atoms with E-state index in [2.05, 4.69) is 15.4 Å². The maximum Gasteiger partial charge on any atom is 0.330 e. The second-order valence-electron chi connectivity index (χ2n) is 5.25. The molecule has 0 spiro atoms. The third-order valence-corrected chi connectivity index (χ3v) is 3.70. The van der Waals surface area contributed by atoms with Gasteiger partial charge in [0.1, 0.15) is 5.75 Å². The SMILES string of the molecule is COc1ccc(-c2ccc(-c3nnn([C@@H](C)C(=O)O)n3)cc2)cc1. The molecular formula is C17H16N4O3. The van der Waals surface area contributed by atoms with E-state index in [1.54, 1.807) is 7.11 Å². The van der Waals surface area contributed by atoms with Crippen LogP contribution in [0.5, 0.6) is 5.75 Å². The summed E-state index contributed by atoms with van der Waals surface area (Å²) in [5.74, 6) is 0.196. The highest BCUT2D eigenvalue weighted by atomic mass is 16.5. The van der Waals surface area contributed by atoms with E-state index in [1.807, 2.05) is 48.5 Å². The predicted octanol–water partition coefficient (Wildman–Crippen LogP) is 2.66. The normalized spacial score (nSPS) is 11.9. The standard InChI is InChI=1S/C17H16N4O3/c1-11(17(22)23)21-19-16(18-20-21)14-5-3-12(4-6-14)13-7-9-15(24-2)10-8-13/h3-11H,1-2H3,(H,22,23)/t11-/m0/s1. The molecule has 0 aliphatic heterocycles. The molecule has 7 nitrogen and oxygen atoms in total. The fourth-order valence-corrected chi connectivity index (χ4v) is 2.20. The zero-order chi connectivity index (χ0) is 17.1. The number of rotatable bonds is 5. The van der Waals surface area contributed by atoms with Gasteiger partial charge in [-0.05, 0) is 35.4 Å². The number of aliphatic carboxylic acids is 1. The zero-order valence-electron chi connectivity index (χ0n) is 13.2. The highest BCUT2D eigenvalue weighted by Crippen LogP contribution is 2.24. The van der Waals surface area contributed by atoms with E-state index in [0.29, 0.717) is 5.82 Å². The number of carboxylic acid groups (broad SMARTS) is 1. The Bertz CT molecular complexity index is 841. The first-order valence-corrected chi connectivity index (χ1v) is 7.35. The Morgan fingerprint density at radius 3 is 2.12 bits per heavy atom. The van der Waals surface area contributed by atoms with Crippen LogP contribution in [0.15, 0.2) is 48.5 Å². The quantitative estimate of drug-likeness (QED) is 0.776. The second-order valence-corrected chi connectivity index (χ2v) is 5.25. The van der Waals surface area contributed by atoms with E-state index in [1.165, 1.54) is 6.92 Å².